The number of carbonyl (C=O) groups excluding carboxylic acids is 4. The van der Waals surface area contributed by atoms with Gasteiger partial charge in [0.25, 0.3) is 0 Å². The summed E-state index contributed by atoms with van der Waals surface area (Å²) in [5.41, 5.74) is -0.616. The number of hydrogen-bond acceptors (Lipinski definition) is 7. The van der Waals surface area contributed by atoms with Crippen molar-refractivity contribution in [1.82, 2.24) is 0 Å². The van der Waals surface area contributed by atoms with Crippen LogP contribution in [0, 0.1) is 52.3 Å². The lowest BCUT2D eigenvalue weighted by atomic mass is 9.41. The van der Waals surface area contributed by atoms with E-state index in [4.69, 9.17) is 14.2 Å². The Morgan fingerprint density at radius 2 is 1.68 bits per heavy atom. The van der Waals surface area contributed by atoms with Gasteiger partial charge in [0.1, 0.15) is 18.0 Å². The summed E-state index contributed by atoms with van der Waals surface area (Å²) < 4.78 is 16.8. The summed E-state index contributed by atoms with van der Waals surface area (Å²) in [5.74, 6) is 0.410. The van der Waals surface area contributed by atoms with E-state index in [0.29, 0.717) is 18.6 Å². The minimum Gasteiger partial charge on any atom is -0.469 e. The first-order valence-electron chi connectivity index (χ1n) is 14.3. The molecule has 7 nitrogen and oxygen atoms in total. The van der Waals surface area contributed by atoms with Crippen molar-refractivity contribution in [3.05, 3.63) is 0 Å². The van der Waals surface area contributed by atoms with Crippen LogP contribution in [0.2, 0.25) is 0 Å². The summed E-state index contributed by atoms with van der Waals surface area (Å²) in [6.07, 6.45) is 5.55. The zero-order valence-electron chi connectivity index (χ0n) is 23.7. The maximum Gasteiger partial charge on any atom is 0.305 e. The molecule has 0 heterocycles. The van der Waals surface area contributed by atoms with Crippen LogP contribution >= 0.6 is 0 Å². The molecule has 4 fully saturated rings. The number of hydrogen-bond donors (Lipinski definition) is 0. The van der Waals surface area contributed by atoms with Crippen LogP contribution in [-0.2, 0) is 33.4 Å². The van der Waals surface area contributed by atoms with Crippen molar-refractivity contribution < 1.29 is 33.4 Å². The first-order valence-corrected chi connectivity index (χ1v) is 14.3. The van der Waals surface area contributed by atoms with E-state index in [1.54, 1.807) is 0 Å². The highest BCUT2D eigenvalue weighted by Gasteiger charge is 2.68. The molecule has 0 N–H and O–H groups in total. The van der Waals surface area contributed by atoms with Gasteiger partial charge in [-0.05, 0) is 79.4 Å². The van der Waals surface area contributed by atoms with Crippen LogP contribution in [0.15, 0.2) is 0 Å². The Kier molecular flexibility index (Phi) is 7.85. The Morgan fingerprint density at radius 1 is 1.00 bits per heavy atom. The number of rotatable bonds is 6. The lowest BCUT2D eigenvalue weighted by Gasteiger charge is -2.64. The van der Waals surface area contributed by atoms with Crippen LogP contribution in [-0.4, -0.2) is 43.0 Å². The third-order valence-electron chi connectivity index (χ3n) is 11.3. The second-order valence-corrected chi connectivity index (χ2v) is 12.9. The summed E-state index contributed by atoms with van der Waals surface area (Å²) >= 11 is 0. The molecule has 0 radical (unpaired) electrons. The Hall–Kier alpha value is -1.92. The van der Waals surface area contributed by atoms with Crippen molar-refractivity contribution in [3.8, 4) is 0 Å². The number of ether oxygens (including phenoxy) is 3. The molecule has 7 heteroatoms. The van der Waals surface area contributed by atoms with E-state index in [0.717, 1.165) is 38.5 Å². The number of Topliss-reactive ketones (excluding diaryl/α,β-unsaturated/α-hetero) is 1. The number of methoxy groups -OCH3 is 1. The van der Waals surface area contributed by atoms with Gasteiger partial charge in [0.15, 0.2) is 0 Å². The normalized spacial score (nSPS) is 43.6. The highest BCUT2D eigenvalue weighted by Crippen LogP contribution is 2.69. The zero-order chi connectivity index (χ0) is 27.3. The molecule has 4 saturated carbocycles. The molecule has 0 spiro atoms. The van der Waals surface area contributed by atoms with E-state index < -0.39 is 5.41 Å². The SMILES string of the molecule is CC[C@H]1[C@@H](OC(C)=O)C2C3CC[C@H]([C@H](C)CC(=O)OC)[C@@]3(C)C(=O)CC2[C@@]2(C)CC[C@@H](OC(C)=O)C[C@@H]12. The average molecular weight is 519 g/mol. The van der Waals surface area contributed by atoms with E-state index in [-0.39, 0.29) is 77.0 Å². The molecule has 37 heavy (non-hydrogen) atoms. The third kappa shape index (κ3) is 4.63. The van der Waals surface area contributed by atoms with E-state index >= 15 is 0 Å². The van der Waals surface area contributed by atoms with Crippen molar-refractivity contribution in [2.24, 2.45) is 52.3 Å². The fraction of sp³-hybridized carbons (Fsp3) is 0.867. The van der Waals surface area contributed by atoms with Gasteiger partial charge in [0.05, 0.1) is 7.11 Å². The number of ketones is 1. The molecule has 0 aliphatic heterocycles. The second kappa shape index (κ2) is 10.3. The van der Waals surface area contributed by atoms with Gasteiger partial charge in [0.2, 0.25) is 0 Å². The van der Waals surface area contributed by atoms with Crippen molar-refractivity contribution >= 4 is 23.7 Å². The molecule has 0 amide bonds. The van der Waals surface area contributed by atoms with Gasteiger partial charge in [-0.2, -0.15) is 0 Å². The minimum atomic E-state index is -0.538. The number of fused-ring (bicyclic) bond motifs is 5. The third-order valence-corrected chi connectivity index (χ3v) is 11.3. The maximum absolute atomic E-state index is 14.1. The number of esters is 3. The summed E-state index contributed by atoms with van der Waals surface area (Å²) in [4.78, 5) is 50.4. The smallest absolute Gasteiger partial charge is 0.305 e. The Balaban J connectivity index is 1.73. The highest BCUT2D eigenvalue weighted by atomic mass is 16.5. The van der Waals surface area contributed by atoms with Crippen LogP contribution in [0.4, 0.5) is 0 Å². The Bertz CT molecular complexity index is 929. The molecule has 11 atom stereocenters. The standard InChI is InChI=1S/C30H46O7/c1-8-20-23-14-19(36-17(3)31)11-12-29(23,5)24-15-25(33)30(6)21(16(2)13-26(34)35-7)9-10-22(30)27(24)28(20)37-18(4)32/h16,19-24,27-28H,8-15H2,1-7H3/t16-,19-,20-,21-,22?,23+,24?,27?,28-,29+,30-/m1/s1. The fourth-order valence-corrected chi connectivity index (χ4v) is 9.75. The molecular formula is C30H46O7. The predicted molar refractivity (Wildman–Crippen MR) is 137 cm³/mol. The summed E-state index contributed by atoms with van der Waals surface area (Å²) in [6, 6.07) is 0. The predicted octanol–water partition coefficient (Wildman–Crippen LogP) is 5.13. The average Bonchev–Trinajstić information content (AvgIpc) is 3.18. The largest absolute Gasteiger partial charge is 0.469 e. The monoisotopic (exact) mass is 518 g/mol. The molecule has 0 aromatic rings. The first kappa shape index (κ1) is 28.1. The molecule has 4 aliphatic rings. The molecule has 0 bridgehead atoms. The Morgan fingerprint density at radius 3 is 2.27 bits per heavy atom. The molecule has 0 aromatic heterocycles. The Labute approximate surface area is 221 Å². The van der Waals surface area contributed by atoms with Gasteiger partial charge in [-0.1, -0.05) is 27.7 Å². The molecule has 208 valence electrons. The van der Waals surface area contributed by atoms with Crippen molar-refractivity contribution in [2.45, 2.75) is 105 Å². The topological polar surface area (TPSA) is 96.0 Å². The van der Waals surface area contributed by atoms with E-state index in [1.807, 2.05) is 0 Å². The minimum absolute atomic E-state index is 0.0446. The molecular weight excluding hydrogens is 472 g/mol. The van der Waals surface area contributed by atoms with Crippen LogP contribution in [0.5, 0.6) is 0 Å². The zero-order valence-corrected chi connectivity index (χ0v) is 23.7. The lowest BCUT2D eigenvalue weighted by Crippen LogP contribution is -2.65. The van der Waals surface area contributed by atoms with E-state index in [9.17, 15) is 19.2 Å². The summed E-state index contributed by atoms with van der Waals surface area (Å²) in [6.45, 7) is 11.7. The summed E-state index contributed by atoms with van der Waals surface area (Å²) in [7, 11) is 1.41. The van der Waals surface area contributed by atoms with Gasteiger partial charge in [-0.3, -0.25) is 19.2 Å². The van der Waals surface area contributed by atoms with Crippen LogP contribution in [0.3, 0.4) is 0 Å². The molecule has 3 unspecified atom stereocenters. The highest BCUT2D eigenvalue weighted by molar-refractivity contribution is 5.87. The number of carbonyl (C=O) groups is 4. The van der Waals surface area contributed by atoms with Gasteiger partial charge >= 0.3 is 17.9 Å². The quantitative estimate of drug-likeness (QED) is 0.355. The maximum atomic E-state index is 14.1. The molecule has 4 rings (SSSR count). The van der Waals surface area contributed by atoms with E-state index in [2.05, 4.69) is 27.7 Å². The van der Waals surface area contributed by atoms with Gasteiger partial charge in [-0.15, -0.1) is 0 Å². The van der Waals surface area contributed by atoms with Gasteiger partial charge < -0.3 is 14.2 Å². The van der Waals surface area contributed by atoms with Crippen LogP contribution in [0.1, 0.15) is 92.9 Å². The van der Waals surface area contributed by atoms with Crippen molar-refractivity contribution in [2.75, 3.05) is 7.11 Å². The second-order valence-electron chi connectivity index (χ2n) is 12.9. The fourth-order valence-electron chi connectivity index (χ4n) is 9.75. The van der Waals surface area contributed by atoms with Crippen LogP contribution < -0.4 is 0 Å². The van der Waals surface area contributed by atoms with Crippen molar-refractivity contribution in [1.29, 1.82) is 0 Å². The van der Waals surface area contributed by atoms with Gasteiger partial charge in [0, 0.05) is 38.0 Å². The van der Waals surface area contributed by atoms with Crippen LogP contribution in [0.25, 0.3) is 0 Å². The lowest BCUT2D eigenvalue weighted by molar-refractivity contribution is -0.216. The van der Waals surface area contributed by atoms with Gasteiger partial charge in [-0.25, -0.2) is 0 Å². The van der Waals surface area contributed by atoms with E-state index in [1.165, 1.54) is 21.0 Å². The molecule has 0 aromatic carbocycles. The first-order chi connectivity index (χ1) is 17.4. The van der Waals surface area contributed by atoms with Crippen molar-refractivity contribution in [3.63, 3.8) is 0 Å². The molecule has 4 aliphatic carbocycles. The molecule has 0 saturated heterocycles. The summed E-state index contributed by atoms with van der Waals surface area (Å²) in [5, 5.41) is 0.